The fraction of sp³-hybridized carbons (Fsp3) is 1.00. The summed E-state index contributed by atoms with van der Waals surface area (Å²) in [7, 11) is 0. The quantitative estimate of drug-likeness (QED) is 0.609. The number of hydrogen-bond donors (Lipinski definition) is 2. The molecule has 0 saturated heterocycles. The highest BCUT2D eigenvalue weighted by atomic mass is 16.5. The molecule has 0 aromatic carbocycles. The van der Waals surface area contributed by atoms with Gasteiger partial charge >= 0.3 is 0 Å². The van der Waals surface area contributed by atoms with Gasteiger partial charge in [-0.1, -0.05) is 27.7 Å². The minimum atomic E-state index is -0.528. The van der Waals surface area contributed by atoms with Crippen LogP contribution in [0.2, 0.25) is 0 Å². The highest BCUT2D eigenvalue weighted by Crippen LogP contribution is 2.07. The number of aliphatic hydroxyl groups excluding tert-OH is 1. The van der Waals surface area contributed by atoms with Crippen molar-refractivity contribution < 1.29 is 9.84 Å². The molecule has 0 bridgehead atoms. The molecule has 0 fully saturated rings. The summed E-state index contributed by atoms with van der Waals surface area (Å²) in [5.41, 5.74) is 5.83. The monoisotopic (exact) mass is 217 g/mol. The maximum Gasteiger partial charge on any atom is 0.0924 e. The van der Waals surface area contributed by atoms with Crippen LogP contribution in [0, 0.1) is 11.8 Å². The molecular formula is C12H27NO2. The molecule has 92 valence electrons. The normalized spacial score (nSPS) is 16.0. The minimum Gasteiger partial charge on any atom is -0.389 e. The Morgan fingerprint density at radius 1 is 1.13 bits per heavy atom. The maximum absolute atomic E-state index is 9.68. The average Bonchev–Trinajstić information content (AvgIpc) is 2.10. The van der Waals surface area contributed by atoms with Gasteiger partial charge in [0.25, 0.3) is 0 Å². The predicted molar refractivity (Wildman–Crippen MR) is 63.7 cm³/mol. The van der Waals surface area contributed by atoms with Crippen LogP contribution >= 0.6 is 0 Å². The third-order valence-electron chi connectivity index (χ3n) is 2.37. The summed E-state index contributed by atoms with van der Waals surface area (Å²) in [4.78, 5) is 0. The van der Waals surface area contributed by atoms with E-state index in [9.17, 15) is 5.11 Å². The molecule has 0 aromatic heterocycles. The predicted octanol–water partition coefficient (Wildman–Crippen LogP) is 1.78. The van der Waals surface area contributed by atoms with Crippen molar-refractivity contribution in [2.24, 2.45) is 17.6 Å². The van der Waals surface area contributed by atoms with Crippen LogP contribution in [0.25, 0.3) is 0 Å². The molecule has 0 rings (SSSR count). The third kappa shape index (κ3) is 8.85. The Bertz CT molecular complexity index is 149. The van der Waals surface area contributed by atoms with E-state index in [1.807, 2.05) is 0 Å². The first kappa shape index (κ1) is 14.9. The van der Waals surface area contributed by atoms with Gasteiger partial charge in [0.05, 0.1) is 12.7 Å². The molecule has 0 heterocycles. The fourth-order valence-electron chi connectivity index (χ4n) is 1.35. The number of ether oxygens (including phenoxy) is 1. The van der Waals surface area contributed by atoms with Crippen LogP contribution in [0.15, 0.2) is 0 Å². The Morgan fingerprint density at radius 3 is 2.20 bits per heavy atom. The fourth-order valence-corrected chi connectivity index (χ4v) is 1.35. The smallest absolute Gasteiger partial charge is 0.0924 e. The molecule has 0 saturated carbocycles. The first-order chi connectivity index (χ1) is 6.93. The SMILES string of the molecule is CC(C)CCOCC(O)[C@@H](N)CC(C)C. The molecule has 0 aliphatic carbocycles. The van der Waals surface area contributed by atoms with Crippen molar-refractivity contribution in [2.75, 3.05) is 13.2 Å². The van der Waals surface area contributed by atoms with E-state index in [4.69, 9.17) is 10.5 Å². The Kier molecular flexibility index (Phi) is 8.02. The summed E-state index contributed by atoms with van der Waals surface area (Å²) in [5, 5.41) is 9.68. The van der Waals surface area contributed by atoms with Crippen molar-refractivity contribution in [2.45, 2.75) is 52.7 Å². The first-order valence-corrected chi connectivity index (χ1v) is 5.94. The van der Waals surface area contributed by atoms with Gasteiger partial charge in [0.2, 0.25) is 0 Å². The van der Waals surface area contributed by atoms with Crippen molar-refractivity contribution >= 4 is 0 Å². The van der Waals surface area contributed by atoms with Crippen LogP contribution in [0.4, 0.5) is 0 Å². The molecular weight excluding hydrogens is 190 g/mol. The molecule has 3 nitrogen and oxygen atoms in total. The van der Waals surface area contributed by atoms with Crippen LogP contribution in [0.5, 0.6) is 0 Å². The van der Waals surface area contributed by atoms with Gasteiger partial charge in [-0.05, 0) is 24.7 Å². The number of nitrogens with two attached hydrogens (primary N) is 1. The molecule has 0 aromatic rings. The van der Waals surface area contributed by atoms with Crippen LogP contribution in [0.3, 0.4) is 0 Å². The molecule has 0 amide bonds. The van der Waals surface area contributed by atoms with Gasteiger partial charge in [-0.15, -0.1) is 0 Å². The van der Waals surface area contributed by atoms with Crippen molar-refractivity contribution in [3.63, 3.8) is 0 Å². The molecule has 2 atom stereocenters. The van der Waals surface area contributed by atoms with Crippen molar-refractivity contribution in [3.8, 4) is 0 Å². The summed E-state index contributed by atoms with van der Waals surface area (Å²) in [6.07, 6.45) is 1.35. The molecule has 3 heteroatoms. The first-order valence-electron chi connectivity index (χ1n) is 5.94. The van der Waals surface area contributed by atoms with E-state index in [0.717, 1.165) is 12.8 Å². The van der Waals surface area contributed by atoms with Crippen LogP contribution in [-0.2, 0) is 4.74 Å². The highest BCUT2D eigenvalue weighted by Gasteiger charge is 2.15. The van der Waals surface area contributed by atoms with E-state index in [1.54, 1.807) is 0 Å². The Balaban J connectivity index is 3.51. The van der Waals surface area contributed by atoms with E-state index in [2.05, 4.69) is 27.7 Å². The summed E-state index contributed by atoms with van der Waals surface area (Å²) in [6.45, 7) is 9.59. The summed E-state index contributed by atoms with van der Waals surface area (Å²) in [6, 6.07) is -0.163. The van der Waals surface area contributed by atoms with E-state index in [-0.39, 0.29) is 6.04 Å². The Hall–Kier alpha value is -0.120. The zero-order valence-electron chi connectivity index (χ0n) is 10.6. The Labute approximate surface area is 94.0 Å². The van der Waals surface area contributed by atoms with E-state index < -0.39 is 6.10 Å². The maximum atomic E-state index is 9.68. The zero-order chi connectivity index (χ0) is 11.8. The van der Waals surface area contributed by atoms with Crippen LogP contribution in [-0.4, -0.2) is 30.5 Å². The lowest BCUT2D eigenvalue weighted by atomic mass is 10.0. The van der Waals surface area contributed by atoms with Crippen LogP contribution in [0.1, 0.15) is 40.5 Å². The van der Waals surface area contributed by atoms with E-state index >= 15 is 0 Å². The second-order valence-electron chi connectivity index (χ2n) is 5.12. The standard InChI is InChI=1S/C12H27NO2/c1-9(2)5-6-15-8-12(14)11(13)7-10(3)4/h9-12,14H,5-8,13H2,1-4H3/t11-,12?/m0/s1. The summed E-state index contributed by atoms with van der Waals surface area (Å²) >= 11 is 0. The number of hydrogen-bond acceptors (Lipinski definition) is 3. The number of rotatable bonds is 8. The molecule has 0 aliphatic rings. The largest absolute Gasteiger partial charge is 0.389 e. The van der Waals surface area contributed by atoms with Crippen LogP contribution < -0.4 is 5.73 Å². The van der Waals surface area contributed by atoms with Crippen molar-refractivity contribution in [1.29, 1.82) is 0 Å². The highest BCUT2D eigenvalue weighted by molar-refractivity contribution is 4.72. The Morgan fingerprint density at radius 2 is 1.73 bits per heavy atom. The molecule has 0 radical (unpaired) electrons. The van der Waals surface area contributed by atoms with E-state index in [1.165, 1.54) is 0 Å². The van der Waals surface area contributed by atoms with Gasteiger partial charge in [0.15, 0.2) is 0 Å². The molecule has 3 N–H and O–H groups in total. The lowest BCUT2D eigenvalue weighted by Crippen LogP contribution is -2.39. The molecule has 15 heavy (non-hydrogen) atoms. The van der Waals surface area contributed by atoms with Gasteiger partial charge in [-0.2, -0.15) is 0 Å². The van der Waals surface area contributed by atoms with E-state index in [0.29, 0.717) is 25.0 Å². The van der Waals surface area contributed by atoms with Gasteiger partial charge in [-0.25, -0.2) is 0 Å². The molecule has 0 aliphatic heterocycles. The van der Waals surface area contributed by atoms with Gasteiger partial charge in [0.1, 0.15) is 0 Å². The number of aliphatic hydroxyl groups is 1. The molecule has 1 unspecified atom stereocenters. The average molecular weight is 217 g/mol. The summed E-state index contributed by atoms with van der Waals surface area (Å²) < 4.78 is 5.38. The molecule has 0 spiro atoms. The van der Waals surface area contributed by atoms with Crippen molar-refractivity contribution in [1.82, 2.24) is 0 Å². The third-order valence-corrected chi connectivity index (χ3v) is 2.37. The second kappa shape index (κ2) is 8.08. The lowest BCUT2D eigenvalue weighted by Gasteiger charge is -2.20. The second-order valence-corrected chi connectivity index (χ2v) is 5.12. The van der Waals surface area contributed by atoms with Gasteiger partial charge < -0.3 is 15.6 Å². The summed E-state index contributed by atoms with van der Waals surface area (Å²) in [5.74, 6) is 1.16. The zero-order valence-corrected chi connectivity index (χ0v) is 10.6. The lowest BCUT2D eigenvalue weighted by molar-refractivity contribution is 0.0167. The van der Waals surface area contributed by atoms with Gasteiger partial charge in [-0.3, -0.25) is 0 Å². The minimum absolute atomic E-state index is 0.163. The van der Waals surface area contributed by atoms with Gasteiger partial charge in [0, 0.05) is 12.6 Å². The van der Waals surface area contributed by atoms with Crippen molar-refractivity contribution in [3.05, 3.63) is 0 Å². The topological polar surface area (TPSA) is 55.5 Å².